The Bertz CT molecular complexity index is 905. The van der Waals surface area contributed by atoms with Crippen molar-refractivity contribution in [2.45, 2.75) is 32.1 Å². The van der Waals surface area contributed by atoms with Crippen LogP contribution < -0.4 is 4.74 Å². The minimum Gasteiger partial charge on any atom is -0.494 e. The van der Waals surface area contributed by atoms with E-state index in [0.29, 0.717) is 31.4 Å². The topological polar surface area (TPSA) is 68.5 Å². The number of aromatic nitrogens is 2. The monoisotopic (exact) mass is 397 g/mol. The van der Waals surface area contributed by atoms with Gasteiger partial charge in [-0.3, -0.25) is 4.79 Å². The minimum atomic E-state index is 0.0953. The van der Waals surface area contributed by atoms with E-state index in [-0.39, 0.29) is 11.8 Å². The van der Waals surface area contributed by atoms with Crippen LogP contribution in [0.15, 0.2) is 45.5 Å². The maximum Gasteiger partial charge on any atom is 0.248 e. The van der Waals surface area contributed by atoms with Crippen molar-refractivity contribution in [2.75, 3.05) is 19.7 Å². The van der Waals surface area contributed by atoms with Crippen molar-refractivity contribution < 1.29 is 13.9 Å². The summed E-state index contributed by atoms with van der Waals surface area (Å²) in [5.41, 5.74) is 1.94. The van der Waals surface area contributed by atoms with Crippen molar-refractivity contribution in [3.05, 3.63) is 52.5 Å². The normalized spacial score (nSPS) is 16.9. The van der Waals surface area contributed by atoms with E-state index in [0.717, 1.165) is 36.3 Å². The second-order valence-corrected chi connectivity index (χ2v) is 7.67. The number of thiophene rings is 1. The Labute approximate surface area is 168 Å². The van der Waals surface area contributed by atoms with Crippen molar-refractivity contribution in [1.82, 2.24) is 15.1 Å². The fraction of sp³-hybridized carbons (Fsp3) is 0.381. The third-order valence-corrected chi connectivity index (χ3v) is 5.61. The Morgan fingerprint density at radius 3 is 2.89 bits per heavy atom. The lowest BCUT2D eigenvalue weighted by Crippen LogP contribution is -2.40. The highest BCUT2D eigenvalue weighted by molar-refractivity contribution is 7.08. The molecule has 3 heterocycles. The molecule has 1 aliphatic heterocycles. The zero-order chi connectivity index (χ0) is 19.3. The lowest BCUT2D eigenvalue weighted by molar-refractivity contribution is -0.131. The van der Waals surface area contributed by atoms with E-state index in [9.17, 15) is 4.79 Å². The van der Waals surface area contributed by atoms with Crippen molar-refractivity contribution in [3.8, 4) is 17.2 Å². The van der Waals surface area contributed by atoms with E-state index < -0.39 is 0 Å². The zero-order valence-corrected chi connectivity index (χ0v) is 16.7. The van der Waals surface area contributed by atoms with Crippen molar-refractivity contribution in [3.63, 3.8) is 0 Å². The van der Waals surface area contributed by atoms with Gasteiger partial charge in [0.2, 0.25) is 17.7 Å². The Hall–Kier alpha value is -2.67. The molecule has 1 atom stereocenters. The van der Waals surface area contributed by atoms with Crippen LogP contribution in [0.5, 0.6) is 5.75 Å². The molecule has 0 bridgehead atoms. The number of rotatable bonds is 6. The third-order valence-electron chi connectivity index (χ3n) is 4.92. The Balaban J connectivity index is 1.38. The molecule has 7 heteroatoms. The molecule has 4 rings (SSSR count). The summed E-state index contributed by atoms with van der Waals surface area (Å²) < 4.78 is 11.3. The Morgan fingerprint density at radius 1 is 1.29 bits per heavy atom. The summed E-state index contributed by atoms with van der Waals surface area (Å²) in [7, 11) is 0. The van der Waals surface area contributed by atoms with Crippen LogP contribution in [0, 0.1) is 0 Å². The zero-order valence-electron chi connectivity index (χ0n) is 15.8. The average molecular weight is 398 g/mol. The fourth-order valence-electron chi connectivity index (χ4n) is 3.46. The van der Waals surface area contributed by atoms with Gasteiger partial charge in [0.25, 0.3) is 0 Å². The quantitative estimate of drug-likeness (QED) is 0.625. The fourth-order valence-corrected chi connectivity index (χ4v) is 4.09. The molecule has 1 aromatic carbocycles. The number of likely N-dealkylation sites (tertiary alicyclic amines) is 1. The summed E-state index contributed by atoms with van der Waals surface area (Å²) >= 11 is 1.60. The number of piperidine rings is 1. The van der Waals surface area contributed by atoms with Crippen LogP contribution in [-0.4, -0.2) is 40.7 Å². The molecular formula is C21H23N3O3S. The standard InChI is InChI=1S/C21H23N3O3S/c1-2-26-18-7-5-15(6-8-18)12-19(25)24-10-3-4-16(13-24)20-22-23-21(27-20)17-9-11-28-14-17/h5-9,11,14,16H,2-4,10,12-13H2,1H3. The van der Waals surface area contributed by atoms with Gasteiger partial charge in [0.1, 0.15) is 5.75 Å². The van der Waals surface area contributed by atoms with Gasteiger partial charge in [-0.25, -0.2) is 0 Å². The average Bonchev–Trinajstić information content (AvgIpc) is 3.42. The van der Waals surface area contributed by atoms with Gasteiger partial charge < -0.3 is 14.1 Å². The van der Waals surface area contributed by atoms with Crippen molar-refractivity contribution in [2.24, 2.45) is 0 Å². The molecule has 0 spiro atoms. The van der Waals surface area contributed by atoms with Crippen molar-refractivity contribution in [1.29, 1.82) is 0 Å². The van der Waals surface area contributed by atoms with Gasteiger partial charge in [0.15, 0.2) is 0 Å². The number of hydrogen-bond acceptors (Lipinski definition) is 6. The highest BCUT2D eigenvalue weighted by Gasteiger charge is 2.28. The molecule has 1 saturated heterocycles. The molecule has 1 fully saturated rings. The molecule has 1 aliphatic rings. The van der Waals surface area contributed by atoms with Gasteiger partial charge in [-0.2, -0.15) is 11.3 Å². The van der Waals surface area contributed by atoms with Crippen LogP contribution in [0.4, 0.5) is 0 Å². The molecule has 2 aromatic heterocycles. The first-order valence-corrected chi connectivity index (χ1v) is 10.5. The Morgan fingerprint density at radius 2 is 2.14 bits per heavy atom. The molecule has 0 aliphatic carbocycles. The van der Waals surface area contributed by atoms with E-state index in [4.69, 9.17) is 9.15 Å². The van der Waals surface area contributed by atoms with Crippen LogP contribution in [0.1, 0.15) is 37.1 Å². The summed E-state index contributed by atoms with van der Waals surface area (Å²) in [5, 5.41) is 12.4. The number of benzene rings is 1. The van der Waals surface area contributed by atoms with Crippen LogP contribution in [0.2, 0.25) is 0 Å². The van der Waals surface area contributed by atoms with E-state index in [1.165, 1.54) is 0 Å². The molecule has 28 heavy (non-hydrogen) atoms. The molecule has 6 nitrogen and oxygen atoms in total. The SMILES string of the molecule is CCOc1ccc(CC(=O)N2CCCC(c3nnc(-c4ccsc4)o3)C2)cc1. The number of ether oxygens (including phenoxy) is 1. The summed E-state index contributed by atoms with van der Waals surface area (Å²) in [6.07, 6.45) is 2.29. The minimum absolute atomic E-state index is 0.0953. The smallest absolute Gasteiger partial charge is 0.248 e. The van der Waals surface area contributed by atoms with Gasteiger partial charge in [0.05, 0.1) is 18.9 Å². The molecule has 0 radical (unpaired) electrons. The van der Waals surface area contributed by atoms with E-state index in [1.807, 2.05) is 52.9 Å². The van der Waals surface area contributed by atoms with Gasteiger partial charge in [-0.1, -0.05) is 12.1 Å². The molecule has 3 aromatic rings. The summed E-state index contributed by atoms with van der Waals surface area (Å²) in [6, 6.07) is 9.70. The van der Waals surface area contributed by atoms with Crippen LogP contribution in [0.25, 0.3) is 11.5 Å². The van der Waals surface area contributed by atoms with E-state index in [2.05, 4.69) is 10.2 Å². The highest BCUT2D eigenvalue weighted by Crippen LogP contribution is 2.29. The molecule has 146 valence electrons. The van der Waals surface area contributed by atoms with Gasteiger partial charge in [0, 0.05) is 24.0 Å². The molecule has 0 saturated carbocycles. The van der Waals surface area contributed by atoms with E-state index in [1.54, 1.807) is 11.3 Å². The largest absolute Gasteiger partial charge is 0.494 e. The lowest BCUT2D eigenvalue weighted by Gasteiger charge is -2.31. The summed E-state index contributed by atoms with van der Waals surface area (Å²) in [5.74, 6) is 2.23. The number of carbonyl (C=O) groups is 1. The molecule has 1 amide bonds. The molecular weight excluding hydrogens is 374 g/mol. The molecule has 0 N–H and O–H groups in total. The molecule has 1 unspecified atom stereocenters. The van der Waals surface area contributed by atoms with Crippen molar-refractivity contribution >= 4 is 17.2 Å². The first-order chi connectivity index (χ1) is 13.7. The summed E-state index contributed by atoms with van der Waals surface area (Å²) in [6.45, 7) is 3.99. The number of hydrogen-bond donors (Lipinski definition) is 0. The van der Waals surface area contributed by atoms with E-state index >= 15 is 0 Å². The number of carbonyl (C=O) groups excluding carboxylic acids is 1. The van der Waals surface area contributed by atoms with Gasteiger partial charge in [-0.05, 0) is 48.9 Å². The maximum atomic E-state index is 12.8. The van der Waals surface area contributed by atoms with Crippen LogP contribution in [0.3, 0.4) is 0 Å². The first-order valence-electron chi connectivity index (χ1n) is 9.58. The summed E-state index contributed by atoms with van der Waals surface area (Å²) in [4.78, 5) is 14.7. The first kappa shape index (κ1) is 18.7. The Kier molecular flexibility index (Phi) is 5.71. The predicted octanol–water partition coefficient (Wildman–Crippen LogP) is 4.15. The number of nitrogens with zero attached hydrogens (tertiary/aromatic N) is 3. The second-order valence-electron chi connectivity index (χ2n) is 6.89. The second kappa shape index (κ2) is 8.56. The number of amides is 1. The van der Waals surface area contributed by atoms with Gasteiger partial charge in [-0.15, -0.1) is 10.2 Å². The maximum absolute atomic E-state index is 12.8. The van der Waals surface area contributed by atoms with Crippen LogP contribution >= 0.6 is 11.3 Å². The predicted molar refractivity (Wildman–Crippen MR) is 107 cm³/mol. The highest BCUT2D eigenvalue weighted by atomic mass is 32.1. The van der Waals surface area contributed by atoms with Gasteiger partial charge >= 0.3 is 0 Å². The lowest BCUT2D eigenvalue weighted by atomic mass is 9.97. The van der Waals surface area contributed by atoms with Crippen LogP contribution in [-0.2, 0) is 11.2 Å². The third kappa shape index (κ3) is 4.25.